The maximum absolute atomic E-state index is 12.3. The second kappa shape index (κ2) is 7.86. The van der Waals surface area contributed by atoms with Gasteiger partial charge in [0, 0.05) is 6.07 Å². The number of nitro benzene ring substituents is 1. The number of nitrogens with zero attached hydrogens (tertiary/aromatic N) is 1. The molecule has 7 nitrogen and oxygen atoms in total. The van der Waals surface area contributed by atoms with E-state index in [2.05, 4.69) is 11.4 Å². The minimum Gasteiger partial charge on any atom is -0.493 e. The van der Waals surface area contributed by atoms with Crippen molar-refractivity contribution in [1.82, 2.24) is 5.32 Å². The molecule has 1 N–H and O–H groups in total. The average Bonchev–Trinajstić information content (AvgIpc) is 2.66. The van der Waals surface area contributed by atoms with Crippen molar-refractivity contribution < 1.29 is 19.2 Å². The lowest BCUT2D eigenvalue weighted by atomic mass is 9.88. The number of hydrogen-bond acceptors (Lipinski definition) is 5. The number of methoxy groups -OCH3 is 1. The highest BCUT2D eigenvalue weighted by Crippen LogP contribution is 2.32. The number of fused-ring (bicyclic) bond motifs is 1. The first-order chi connectivity index (χ1) is 12.6. The number of hydrogen-bond donors (Lipinski definition) is 1. The van der Waals surface area contributed by atoms with Crippen LogP contribution in [0.2, 0.25) is 0 Å². The van der Waals surface area contributed by atoms with E-state index < -0.39 is 4.92 Å². The summed E-state index contributed by atoms with van der Waals surface area (Å²) >= 11 is 0. The molecule has 0 aromatic heterocycles. The van der Waals surface area contributed by atoms with Crippen molar-refractivity contribution in [3.8, 4) is 11.5 Å². The fraction of sp³-hybridized carbons (Fsp3) is 0.316. The van der Waals surface area contributed by atoms with Gasteiger partial charge in [-0.3, -0.25) is 14.9 Å². The summed E-state index contributed by atoms with van der Waals surface area (Å²) in [7, 11) is 1.44. The van der Waals surface area contributed by atoms with Crippen molar-refractivity contribution in [1.29, 1.82) is 0 Å². The fourth-order valence-electron chi connectivity index (χ4n) is 3.17. The van der Waals surface area contributed by atoms with Gasteiger partial charge in [0.15, 0.2) is 18.1 Å². The first-order valence-corrected chi connectivity index (χ1v) is 8.41. The number of non-ortho nitro benzene ring substituents is 1. The highest BCUT2D eigenvalue weighted by atomic mass is 16.6. The molecule has 0 spiro atoms. The number of benzene rings is 2. The van der Waals surface area contributed by atoms with Crippen LogP contribution in [0.15, 0.2) is 42.5 Å². The second-order valence-corrected chi connectivity index (χ2v) is 6.09. The standard InChI is InChI=1S/C19H20N2O5/c1-25-17-10-9-14(21(23)24)11-18(17)26-12-19(22)20-16-8-4-6-13-5-2-3-7-15(13)16/h2-3,5,7,9-11,16H,4,6,8,12H2,1H3,(H,20,22)/t16-/m0/s1. The highest BCUT2D eigenvalue weighted by Gasteiger charge is 2.22. The zero-order valence-corrected chi connectivity index (χ0v) is 14.4. The summed E-state index contributed by atoms with van der Waals surface area (Å²) in [4.78, 5) is 22.7. The number of aryl methyl sites for hydroxylation is 1. The Morgan fingerprint density at radius 2 is 2.08 bits per heavy atom. The molecule has 0 unspecified atom stereocenters. The molecule has 2 aromatic carbocycles. The van der Waals surface area contributed by atoms with Crippen LogP contribution in [0.1, 0.15) is 30.0 Å². The summed E-state index contributed by atoms with van der Waals surface area (Å²) in [6, 6.07) is 12.1. The third-order valence-electron chi connectivity index (χ3n) is 4.42. The van der Waals surface area contributed by atoms with Gasteiger partial charge in [0.2, 0.25) is 0 Å². The summed E-state index contributed by atoms with van der Waals surface area (Å²) in [5.74, 6) is 0.229. The number of carbonyl (C=O) groups is 1. The van der Waals surface area contributed by atoms with E-state index in [4.69, 9.17) is 9.47 Å². The number of rotatable bonds is 6. The molecule has 1 aliphatic rings. The van der Waals surface area contributed by atoms with Gasteiger partial charge in [-0.1, -0.05) is 24.3 Å². The first-order valence-electron chi connectivity index (χ1n) is 8.41. The maximum atomic E-state index is 12.3. The molecule has 2 aromatic rings. The molecule has 7 heteroatoms. The lowest BCUT2D eigenvalue weighted by Crippen LogP contribution is -2.34. The van der Waals surface area contributed by atoms with Crippen LogP contribution < -0.4 is 14.8 Å². The molecular weight excluding hydrogens is 336 g/mol. The van der Waals surface area contributed by atoms with Gasteiger partial charge in [-0.05, 0) is 36.5 Å². The fourth-order valence-corrected chi connectivity index (χ4v) is 3.17. The quantitative estimate of drug-likeness (QED) is 0.634. The van der Waals surface area contributed by atoms with Crippen LogP contribution in [0.3, 0.4) is 0 Å². The van der Waals surface area contributed by atoms with Gasteiger partial charge >= 0.3 is 0 Å². The Balaban J connectivity index is 1.65. The predicted octanol–water partition coefficient (Wildman–Crippen LogP) is 3.18. The molecule has 1 aliphatic carbocycles. The molecule has 136 valence electrons. The van der Waals surface area contributed by atoms with Gasteiger partial charge in [-0.25, -0.2) is 0 Å². The average molecular weight is 356 g/mol. The molecule has 0 saturated carbocycles. The molecular formula is C19H20N2O5. The minimum absolute atomic E-state index is 0.0388. The number of nitro groups is 1. The molecule has 0 heterocycles. The normalized spacial score (nSPS) is 15.7. The van der Waals surface area contributed by atoms with E-state index in [-0.39, 0.29) is 30.0 Å². The highest BCUT2D eigenvalue weighted by molar-refractivity contribution is 5.78. The van der Waals surface area contributed by atoms with Crippen LogP contribution >= 0.6 is 0 Å². The van der Waals surface area contributed by atoms with Crippen molar-refractivity contribution in [3.05, 3.63) is 63.7 Å². The molecule has 26 heavy (non-hydrogen) atoms. The van der Waals surface area contributed by atoms with Crippen LogP contribution in [0.5, 0.6) is 11.5 Å². The van der Waals surface area contributed by atoms with Gasteiger partial charge in [-0.2, -0.15) is 0 Å². The van der Waals surface area contributed by atoms with Crippen molar-refractivity contribution in [2.24, 2.45) is 0 Å². The van der Waals surface area contributed by atoms with E-state index in [0.717, 1.165) is 24.8 Å². The van der Waals surface area contributed by atoms with Crippen LogP contribution in [-0.2, 0) is 11.2 Å². The Morgan fingerprint density at radius 1 is 1.27 bits per heavy atom. The SMILES string of the molecule is COc1ccc([N+](=O)[O-])cc1OCC(=O)N[C@H]1CCCc2ccccc21. The van der Waals surface area contributed by atoms with Crippen LogP contribution in [0.4, 0.5) is 5.69 Å². The van der Waals surface area contributed by atoms with Gasteiger partial charge in [0.25, 0.3) is 11.6 Å². The molecule has 1 amide bonds. The molecule has 1 atom stereocenters. The first kappa shape index (κ1) is 17.7. The predicted molar refractivity (Wildman–Crippen MR) is 95.4 cm³/mol. The molecule has 3 rings (SSSR count). The Hall–Kier alpha value is -3.09. The maximum Gasteiger partial charge on any atom is 0.273 e. The molecule has 0 radical (unpaired) electrons. The summed E-state index contributed by atoms with van der Waals surface area (Å²) in [6.07, 6.45) is 2.91. The van der Waals surface area contributed by atoms with Gasteiger partial charge in [0.05, 0.1) is 24.1 Å². The molecule has 0 fully saturated rings. The van der Waals surface area contributed by atoms with Crippen molar-refractivity contribution in [3.63, 3.8) is 0 Å². The largest absolute Gasteiger partial charge is 0.493 e. The van der Waals surface area contributed by atoms with Crippen molar-refractivity contribution >= 4 is 11.6 Å². The van der Waals surface area contributed by atoms with E-state index in [1.54, 1.807) is 0 Å². The van der Waals surface area contributed by atoms with E-state index in [1.165, 1.54) is 30.9 Å². The van der Waals surface area contributed by atoms with Crippen LogP contribution in [0.25, 0.3) is 0 Å². The number of amides is 1. The van der Waals surface area contributed by atoms with Crippen LogP contribution in [0, 0.1) is 10.1 Å². The Bertz CT molecular complexity index is 821. The van der Waals surface area contributed by atoms with E-state index in [1.807, 2.05) is 18.2 Å². The number of nitrogens with one attached hydrogen (secondary N) is 1. The van der Waals surface area contributed by atoms with E-state index in [9.17, 15) is 14.9 Å². The summed E-state index contributed by atoms with van der Waals surface area (Å²) < 4.78 is 10.6. The molecule has 0 aliphatic heterocycles. The van der Waals surface area contributed by atoms with Gasteiger partial charge in [0.1, 0.15) is 0 Å². The summed E-state index contributed by atoms with van der Waals surface area (Å²) in [5, 5.41) is 13.9. The lowest BCUT2D eigenvalue weighted by molar-refractivity contribution is -0.385. The zero-order valence-electron chi connectivity index (χ0n) is 14.4. The van der Waals surface area contributed by atoms with Gasteiger partial charge in [-0.15, -0.1) is 0 Å². The monoisotopic (exact) mass is 356 g/mol. The summed E-state index contributed by atoms with van der Waals surface area (Å²) in [6.45, 7) is -0.240. The van der Waals surface area contributed by atoms with E-state index >= 15 is 0 Å². The van der Waals surface area contributed by atoms with Crippen molar-refractivity contribution in [2.75, 3.05) is 13.7 Å². The Kier molecular flexibility index (Phi) is 5.36. The molecule has 0 bridgehead atoms. The number of carbonyl (C=O) groups excluding carboxylic acids is 1. The molecule has 0 saturated heterocycles. The Labute approximate surface area is 151 Å². The van der Waals surface area contributed by atoms with Gasteiger partial charge < -0.3 is 14.8 Å². The summed E-state index contributed by atoms with van der Waals surface area (Å²) in [5.41, 5.74) is 2.27. The van der Waals surface area contributed by atoms with Crippen LogP contribution in [-0.4, -0.2) is 24.5 Å². The second-order valence-electron chi connectivity index (χ2n) is 6.09. The third-order valence-corrected chi connectivity index (χ3v) is 4.42. The number of ether oxygens (including phenoxy) is 2. The van der Waals surface area contributed by atoms with Crippen molar-refractivity contribution in [2.45, 2.75) is 25.3 Å². The third kappa shape index (κ3) is 3.93. The zero-order chi connectivity index (χ0) is 18.5. The smallest absolute Gasteiger partial charge is 0.273 e. The topological polar surface area (TPSA) is 90.7 Å². The Morgan fingerprint density at radius 3 is 2.85 bits per heavy atom. The van der Waals surface area contributed by atoms with E-state index in [0.29, 0.717) is 5.75 Å². The lowest BCUT2D eigenvalue weighted by Gasteiger charge is -2.26. The minimum atomic E-state index is -0.522.